The molecule has 0 atom stereocenters. The van der Waals surface area contributed by atoms with Gasteiger partial charge in [0, 0.05) is 1.43 Å². The first-order chi connectivity index (χ1) is 5.13. The summed E-state index contributed by atoms with van der Waals surface area (Å²) in [4.78, 5) is 0. The van der Waals surface area contributed by atoms with Gasteiger partial charge in [-0.3, -0.25) is 0 Å². The molecule has 0 N–H and O–H groups in total. The molecule has 0 amide bonds. The summed E-state index contributed by atoms with van der Waals surface area (Å²) in [6.45, 7) is 2.08. The van der Waals surface area contributed by atoms with Gasteiger partial charge >= 0.3 is 0 Å². The van der Waals surface area contributed by atoms with Gasteiger partial charge in [0.1, 0.15) is 0 Å². The molecule has 1 aromatic rings. The van der Waals surface area contributed by atoms with Crippen LogP contribution in [0.25, 0.3) is 0 Å². The number of hydrogen-bond donors (Lipinski definition) is 0. The topological polar surface area (TPSA) is 0 Å². The Morgan fingerprint density at radius 2 is 1.36 bits per heavy atom. The van der Waals surface area contributed by atoms with Crippen LogP contribution in [0.4, 0.5) is 0 Å². The Bertz CT molecular complexity index is 170. The van der Waals surface area contributed by atoms with E-state index < -0.39 is 0 Å². The highest BCUT2D eigenvalue weighted by atomic mass is 27.2. The molecular weight excluding hydrogens is 147 g/mol. The summed E-state index contributed by atoms with van der Waals surface area (Å²) in [7, 11) is 0. The van der Waals surface area contributed by atoms with E-state index in [2.05, 4.69) is 36.4 Å². The maximum absolute atomic E-state index is 2.31. The van der Waals surface area contributed by atoms with Gasteiger partial charge in [0.05, 0.1) is 0 Å². The first-order valence-corrected chi connectivity index (χ1v) is 7.61. The molecule has 0 heterocycles. The predicted molar refractivity (Wildman–Crippen MR) is 56.6 cm³/mol. The standard InChI is InChI=1S/C7H8.3CH3.Al.H2/c1-7-5-3-2-4-6-7;;;;;/h2-6H,1H3;3*1H3;;1H. The first kappa shape index (κ1) is 10.8. The molecule has 0 unspecified atom stereocenters. The van der Waals surface area contributed by atoms with Crippen LogP contribution >= 0.6 is 0 Å². The largest absolute Gasteiger partial charge is 0.251 e. The average Bonchev–Trinajstić information content (AvgIpc) is 1.87. The normalized spacial score (nSPS) is 8.00. The van der Waals surface area contributed by atoms with E-state index in [-0.39, 0.29) is 15.6 Å². The minimum atomic E-state index is -0.139. The molecule has 0 radical (unpaired) electrons. The third-order valence-electron chi connectivity index (χ3n) is 0.940. The molecule has 0 saturated heterocycles. The van der Waals surface area contributed by atoms with Crippen LogP contribution in [0, 0.1) is 6.92 Å². The molecule has 11 heavy (non-hydrogen) atoms. The van der Waals surface area contributed by atoms with Crippen molar-refractivity contribution in [1.82, 2.24) is 0 Å². The fraction of sp³-hybridized carbons (Fsp3) is 0.400. The molecule has 0 aliphatic rings. The van der Waals surface area contributed by atoms with Crippen molar-refractivity contribution in [2.45, 2.75) is 24.3 Å². The molecule has 0 bridgehead atoms. The molecule has 0 spiro atoms. The zero-order chi connectivity index (χ0) is 8.69. The van der Waals surface area contributed by atoms with E-state index in [1.807, 2.05) is 18.2 Å². The van der Waals surface area contributed by atoms with Crippen molar-refractivity contribution < 1.29 is 1.43 Å². The van der Waals surface area contributed by atoms with Gasteiger partial charge in [-0.25, -0.2) is 0 Å². The summed E-state index contributed by atoms with van der Waals surface area (Å²) in [5.41, 5.74) is 1.32. The van der Waals surface area contributed by atoms with E-state index in [1.54, 1.807) is 0 Å². The highest BCUT2D eigenvalue weighted by molar-refractivity contribution is 6.54. The smallest absolute Gasteiger partial charge is 0.106 e. The highest BCUT2D eigenvalue weighted by Crippen LogP contribution is 1.92. The van der Waals surface area contributed by atoms with Crippen molar-refractivity contribution in [3.8, 4) is 0 Å². The lowest BCUT2D eigenvalue weighted by Gasteiger charge is -1.82. The van der Waals surface area contributed by atoms with Gasteiger partial charge in [0.15, 0.2) is 0 Å². The van der Waals surface area contributed by atoms with Crippen molar-refractivity contribution in [1.29, 1.82) is 0 Å². The average molecular weight is 166 g/mol. The van der Waals surface area contributed by atoms with Crippen LogP contribution in [0.1, 0.15) is 6.99 Å². The molecule has 0 aliphatic heterocycles. The zero-order valence-corrected chi connectivity index (χ0v) is 9.12. The second-order valence-electron chi connectivity index (χ2n) is 3.39. The number of rotatable bonds is 0. The lowest BCUT2D eigenvalue weighted by Crippen LogP contribution is -1.84. The Kier molecular flexibility index (Phi) is 6.32. The lowest BCUT2D eigenvalue weighted by molar-refractivity contribution is 1.48. The van der Waals surface area contributed by atoms with E-state index in [9.17, 15) is 0 Å². The minimum absolute atomic E-state index is 0. The molecule has 1 aromatic carbocycles. The summed E-state index contributed by atoms with van der Waals surface area (Å²) >= 11 is -0.139. The summed E-state index contributed by atoms with van der Waals surface area (Å²) in [6, 6.07) is 10.3. The Labute approximate surface area is 76.1 Å². The van der Waals surface area contributed by atoms with E-state index >= 15 is 0 Å². The van der Waals surface area contributed by atoms with Crippen molar-refractivity contribution in [3.63, 3.8) is 0 Å². The molecule has 1 heteroatoms. The molecule has 0 aliphatic carbocycles. The van der Waals surface area contributed by atoms with Gasteiger partial charge in [-0.15, -0.1) is 17.4 Å². The van der Waals surface area contributed by atoms with E-state index in [0.29, 0.717) is 0 Å². The third-order valence-corrected chi connectivity index (χ3v) is 0.940. The fourth-order valence-electron chi connectivity index (χ4n) is 0.534. The second-order valence-corrected chi connectivity index (χ2v) is 6.85. The first-order valence-electron chi connectivity index (χ1n) is 4.14. The summed E-state index contributed by atoms with van der Waals surface area (Å²) in [5, 5.41) is 0. The quantitative estimate of drug-likeness (QED) is 0.516. The second kappa shape index (κ2) is 6.46. The van der Waals surface area contributed by atoms with Crippen molar-refractivity contribution >= 4 is 14.1 Å². The Balaban J connectivity index is 0. The van der Waals surface area contributed by atoms with Crippen LogP contribution < -0.4 is 0 Å². The predicted octanol–water partition coefficient (Wildman–Crippen LogP) is 3.61. The van der Waals surface area contributed by atoms with Gasteiger partial charge < -0.3 is 0 Å². The maximum atomic E-state index is 2.31. The van der Waals surface area contributed by atoms with Crippen molar-refractivity contribution in [3.05, 3.63) is 35.9 Å². The van der Waals surface area contributed by atoms with E-state index in [4.69, 9.17) is 0 Å². The van der Waals surface area contributed by atoms with Gasteiger partial charge in [0.25, 0.3) is 14.1 Å². The van der Waals surface area contributed by atoms with Gasteiger partial charge in [-0.2, -0.15) is 0 Å². The molecule has 0 fully saturated rings. The van der Waals surface area contributed by atoms with Gasteiger partial charge in [0.2, 0.25) is 0 Å². The Morgan fingerprint density at radius 1 is 1.00 bits per heavy atom. The lowest BCUT2D eigenvalue weighted by atomic mass is 10.2. The van der Waals surface area contributed by atoms with Gasteiger partial charge in [-0.05, 0) is 6.92 Å². The fourth-order valence-corrected chi connectivity index (χ4v) is 0.534. The van der Waals surface area contributed by atoms with Crippen LogP contribution in [-0.2, 0) is 0 Å². The highest BCUT2D eigenvalue weighted by Gasteiger charge is 1.81. The monoisotopic (exact) mass is 166 g/mol. The van der Waals surface area contributed by atoms with Crippen LogP contribution in [0.15, 0.2) is 30.3 Å². The Morgan fingerprint density at radius 3 is 1.55 bits per heavy atom. The zero-order valence-electron chi connectivity index (χ0n) is 7.96. The third kappa shape index (κ3) is 9.75. The molecule has 0 saturated carbocycles. The van der Waals surface area contributed by atoms with Crippen molar-refractivity contribution in [2.75, 3.05) is 0 Å². The van der Waals surface area contributed by atoms with Crippen LogP contribution in [0.3, 0.4) is 0 Å². The maximum Gasteiger partial charge on any atom is 0.251 e. The van der Waals surface area contributed by atoms with E-state index in [1.165, 1.54) is 5.56 Å². The number of hydrogen-bond acceptors (Lipinski definition) is 0. The molecule has 0 nitrogen and oxygen atoms in total. The summed E-state index contributed by atoms with van der Waals surface area (Å²) in [6.07, 6.45) is 0. The minimum Gasteiger partial charge on any atom is -0.106 e. The van der Waals surface area contributed by atoms with Crippen LogP contribution in [0.5, 0.6) is 0 Å². The van der Waals surface area contributed by atoms with Crippen LogP contribution in [-0.4, -0.2) is 14.1 Å². The summed E-state index contributed by atoms with van der Waals surface area (Å²) in [5.74, 6) is 6.92. The number of benzene rings is 1. The number of aryl methyl sites for hydroxylation is 1. The van der Waals surface area contributed by atoms with Crippen molar-refractivity contribution in [2.24, 2.45) is 0 Å². The molecule has 62 valence electrons. The Hall–Kier alpha value is -0.248. The summed E-state index contributed by atoms with van der Waals surface area (Å²) < 4.78 is 0. The van der Waals surface area contributed by atoms with Crippen LogP contribution in [0.2, 0.25) is 17.4 Å². The molecule has 1 rings (SSSR count). The van der Waals surface area contributed by atoms with E-state index in [0.717, 1.165) is 0 Å². The SMILES string of the molecule is Cc1ccccc1.[CH3][Al]([CH3])[CH3].[HH]. The van der Waals surface area contributed by atoms with Gasteiger partial charge in [-0.1, -0.05) is 35.9 Å². The molecular formula is C10H19Al. The molecule has 0 aromatic heterocycles.